The number of anilines is 1. The van der Waals surface area contributed by atoms with Gasteiger partial charge < -0.3 is 10.1 Å². The van der Waals surface area contributed by atoms with Crippen molar-refractivity contribution in [3.63, 3.8) is 0 Å². The van der Waals surface area contributed by atoms with Crippen molar-refractivity contribution >= 4 is 21.6 Å². The highest BCUT2D eigenvalue weighted by Gasteiger charge is 2.31. The molecule has 3 rings (SSSR count). The molecule has 5 heteroatoms. The molecule has 2 unspecified atom stereocenters. The van der Waals surface area contributed by atoms with Crippen molar-refractivity contribution in [1.29, 1.82) is 5.26 Å². The number of fused-ring (bicyclic) bond motifs is 1. The van der Waals surface area contributed by atoms with Crippen LogP contribution in [0.15, 0.2) is 22.7 Å². The zero-order valence-corrected chi connectivity index (χ0v) is 12.9. The topological polar surface area (TPSA) is 48.3 Å². The standard InChI is InChI=1S/C15H18BrN3O/c16-12-4-3-11(7-17)15(6-12)18-8-14-9-19-5-1-2-13(19)10-20-14/h3-4,6,13-14,18H,1-2,5,8-10H2. The van der Waals surface area contributed by atoms with Crippen molar-refractivity contribution in [1.82, 2.24) is 4.90 Å². The summed E-state index contributed by atoms with van der Waals surface area (Å²) in [4.78, 5) is 2.53. The van der Waals surface area contributed by atoms with Crippen molar-refractivity contribution in [2.75, 3.05) is 31.6 Å². The molecule has 106 valence electrons. The van der Waals surface area contributed by atoms with Crippen LogP contribution in [0.3, 0.4) is 0 Å². The molecule has 1 aromatic carbocycles. The molecule has 0 aromatic heterocycles. The number of hydrogen-bond acceptors (Lipinski definition) is 4. The van der Waals surface area contributed by atoms with Gasteiger partial charge in [-0.1, -0.05) is 15.9 Å². The lowest BCUT2D eigenvalue weighted by Gasteiger charge is -2.35. The molecule has 0 amide bonds. The first-order valence-electron chi connectivity index (χ1n) is 7.05. The maximum atomic E-state index is 9.12. The van der Waals surface area contributed by atoms with Crippen LogP contribution in [0.2, 0.25) is 0 Å². The van der Waals surface area contributed by atoms with E-state index in [1.807, 2.05) is 18.2 Å². The maximum Gasteiger partial charge on any atom is 0.101 e. The summed E-state index contributed by atoms with van der Waals surface area (Å²) >= 11 is 3.44. The maximum absolute atomic E-state index is 9.12. The third kappa shape index (κ3) is 2.98. The van der Waals surface area contributed by atoms with E-state index in [4.69, 9.17) is 10.00 Å². The molecule has 4 nitrogen and oxygen atoms in total. The number of nitrogens with zero attached hydrogens (tertiary/aromatic N) is 2. The van der Waals surface area contributed by atoms with Crippen molar-refractivity contribution in [2.45, 2.75) is 25.0 Å². The summed E-state index contributed by atoms with van der Waals surface area (Å²) in [6, 6.07) is 8.50. The second kappa shape index (κ2) is 6.13. The normalized spacial score (nSPS) is 26.0. The summed E-state index contributed by atoms with van der Waals surface area (Å²) in [6.45, 7) is 3.78. The number of halogens is 1. The number of rotatable bonds is 3. The molecular weight excluding hydrogens is 318 g/mol. The largest absolute Gasteiger partial charge is 0.381 e. The quantitative estimate of drug-likeness (QED) is 0.922. The molecule has 0 bridgehead atoms. The molecule has 1 aromatic rings. The van der Waals surface area contributed by atoms with Crippen LogP contribution >= 0.6 is 15.9 Å². The highest BCUT2D eigenvalue weighted by Crippen LogP contribution is 2.24. The highest BCUT2D eigenvalue weighted by molar-refractivity contribution is 9.10. The fraction of sp³-hybridized carbons (Fsp3) is 0.533. The van der Waals surface area contributed by atoms with Crippen molar-refractivity contribution < 1.29 is 4.74 Å². The van der Waals surface area contributed by atoms with Crippen LogP contribution in [0.25, 0.3) is 0 Å². The third-order valence-corrected chi connectivity index (χ3v) is 4.58. The number of benzene rings is 1. The molecule has 0 radical (unpaired) electrons. The van der Waals surface area contributed by atoms with Crippen LogP contribution in [0.1, 0.15) is 18.4 Å². The summed E-state index contributed by atoms with van der Waals surface area (Å²) in [5, 5.41) is 12.5. The number of nitriles is 1. The van der Waals surface area contributed by atoms with Gasteiger partial charge in [0.05, 0.1) is 24.0 Å². The first-order chi connectivity index (χ1) is 9.76. The second-order valence-corrected chi connectivity index (χ2v) is 6.34. The molecule has 0 spiro atoms. The van der Waals surface area contributed by atoms with Gasteiger partial charge in [0.25, 0.3) is 0 Å². The Kier molecular flexibility index (Phi) is 4.25. The van der Waals surface area contributed by atoms with Crippen LogP contribution < -0.4 is 5.32 Å². The summed E-state index contributed by atoms with van der Waals surface area (Å²) < 4.78 is 6.89. The number of morpholine rings is 1. The Morgan fingerprint density at radius 3 is 3.25 bits per heavy atom. The molecule has 2 saturated heterocycles. The number of hydrogen-bond donors (Lipinski definition) is 1. The van der Waals surface area contributed by atoms with E-state index in [2.05, 4.69) is 32.2 Å². The number of ether oxygens (including phenoxy) is 1. The Morgan fingerprint density at radius 1 is 1.50 bits per heavy atom. The van der Waals surface area contributed by atoms with Gasteiger partial charge in [0.1, 0.15) is 6.07 Å². The van der Waals surface area contributed by atoms with Crippen LogP contribution in [-0.4, -0.2) is 43.3 Å². The van der Waals surface area contributed by atoms with Gasteiger partial charge in [-0.05, 0) is 37.6 Å². The first-order valence-corrected chi connectivity index (χ1v) is 7.85. The van der Waals surface area contributed by atoms with Crippen LogP contribution in [-0.2, 0) is 4.74 Å². The average molecular weight is 336 g/mol. The predicted octanol–water partition coefficient (Wildman–Crippen LogP) is 2.60. The van der Waals surface area contributed by atoms with E-state index in [0.29, 0.717) is 11.6 Å². The van der Waals surface area contributed by atoms with Crippen LogP contribution in [0.5, 0.6) is 0 Å². The predicted molar refractivity (Wildman–Crippen MR) is 81.7 cm³/mol. The fourth-order valence-corrected chi connectivity index (χ4v) is 3.35. The van der Waals surface area contributed by atoms with E-state index in [9.17, 15) is 0 Å². The van der Waals surface area contributed by atoms with Gasteiger partial charge in [-0.15, -0.1) is 0 Å². The lowest BCUT2D eigenvalue weighted by Crippen LogP contribution is -2.48. The van der Waals surface area contributed by atoms with E-state index in [1.54, 1.807) is 0 Å². The summed E-state index contributed by atoms with van der Waals surface area (Å²) in [5.41, 5.74) is 1.54. The van der Waals surface area contributed by atoms with Crippen LogP contribution in [0, 0.1) is 11.3 Å². The molecule has 1 N–H and O–H groups in total. The van der Waals surface area contributed by atoms with Gasteiger partial charge in [0.2, 0.25) is 0 Å². The van der Waals surface area contributed by atoms with Crippen molar-refractivity contribution in [2.24, 2.45) is 0 Å². The Balaban J connectivity index is 1.60. The summed E-state index contributed by atoms with van der Waals surface area (Å²) in [5.74, 6) is 0. The van der Waals surface area contributed by atoms with Gasteiger partial charge in [-0.3, -0.25) is 4.90 Å². The van der Waals surface area contributed by atoms with E-state index < -0.39 is 0 Å². The van der Waals surface area contributed by atoms with Gasteiger partial charge >= 0.3 is 0 Å². The monoisotopic (exact) mass is 335 g/mol. The second-order valence-electron chi connectivity index (χ2n) is 5.43. The van der Waals surface area contributed by atoms with Crippen molar-refractivity contribution in [3.8, 4) is 6.07 Å². The molecule has 0 aliphatic carbocycles. The Morgan fingerprint density at radius 2 is 2.40 bits per heavy atom. The Hall–Kier alpha value is -1.09. The summed E-state index contributed by atoms with van der Waals surface area (Å²) in [6.07, 6.45) is 2.76. The Labute approximate surface area is 127 Å². The summed E-state index contributed by atoms with van der Waals surface area (Å²) in [7, 11) is 0. The fourth-order valence-electron chi connectivity index (χ4n) is 2.99. The van der Waals surface area contributed by atoms with Gasteiger partial charge in [0, 0.05) is 23.6 Å². The van der Waals surface area contributed by atoms with E-state index in [-0.39, 0.29) is 6.10 Å². The van der Waals surface area contributed by atoms with E-state index in [0.717, 1.165) is 29.9 Å². The zero-order valence-electron chi connectivity index (χ0n) is 11.3. The minimum atomic E-state index is 0.204. The van der Waals surface area contributed by atoms with Gasteiger partial charge in [-0.2, -0.15) is 5.26 Å². The van der Waals surface area contributed by atoms with Gasteiger partial charge in [-0.25, -0.2) is 0 Å². The van der Waals surface area contributed by atoms with Crippen molar-refractivity contribution in [3.05, 3.63) is 28.2 Å². The molecular formula is C15H18BrN3O. The molecule has 2 aliphatic rings. The zero-order chi connectivity index (χ0) is 13.9. The van der Waals surface area contributed by atoms with E-state index in [1.165, 1.54) is 19.4 Å². The Bertz CT molecular complexity index is 528. The van der Waals surface area contributed by atoms with Gasteiger partial charge in [0.15, 0.2) is 0 Å². The molecule has 2 heterocycles. The smallest absolute Gasteiger partial charge is 0.101 e. The lowest BCUT2D eigenvalue weighted by molar-refractivity contribution is -0.0415. The molecule has 20 heavy (non-hydrogen) atoms. The molecule has 2 atom stereocenters. The number of nitrogens with one attached hydrogen (secondary N) is 1. The minimum Gasteiger partial charge on any atom is -0.381 e. The SMILES string of the molecule is N#Cc1ccc(Br)cc1NCC1CN2CCCC2CO1. The minimum absolute atomic E-state index is 0.204. The lowest BCUT2D eigenvalue weighted by atomic mass is 10.1. The highest BCUT2D eigenvalue weighted by atomic mass is 79.9. The third-order valence-electron chi connectivity index (χ3n) is 4.08. The molecule has 2 fully saturated rings. The molecule has 0 saturated carbocycles. The van der Waals surface area contributed by atoms with E-state index >= 15 is 0 Å². The average Bonchev–Trinajstić information content (AvgIpc) is 2.92. The molecule has 2 aliphatic heterocycles. The first kappa shape index (κ1) is 13.9. The van der Waals surface area contributed by atoms with Crippen LogP contribution in [0.4, 0.5) is 5.69 Å².